The predicted octanol–water partition coefficient (Wildman–Crippen LogP) is 5.92. The summed E-state index contributed by atoms with van der Waals surface area (Å²) in [6, 6.07) is 2.03. The van der Waals surface area contributed by atoms with Crippen LogP contribution in [0.2, 0.25) is 5.02 Å². The van der Waals surface area contributed by atoms with Gasteiger partial charge in [0.2, 0.25) is 5.91 Å². The predicted molar refractivity (Wildman–Crippen MR) is 165 cm³/mol. The Labute approximate surface area is 273 Å². The highest BCUT2D eigenvalue weighted by Gasteiger charge is 2.38. The van der Waals surface area contributed by atoms with Gasteiger partial charge in [-0.1, -0.05) is 11.6 Å². The van der Waals surface area contributed by atoms with Crippen molar-refractivity contribution in [2.24, 2.45) is 5.92 Å². The highest BCUT2D eigenvalue weighted by molar-refractivity contribution is 7.90. The maximum Gasteiger partial charge on any atom is 0.411 e. The fraction of sp³-hybridized carbons (Fsp3) is 0.517. The van der Waals surface area contributed by atoms with Gasteiger partial charge in [0.1, 0.15) is 18.4 Å². The molecule has 1 aliphatic rings. The molecule has 9 nitrogen and oxygen atoms in total. The molecule has 1 unspecified atom stereocenters. The number of carbonyl (C=O) groups excluding carboxylic acids is 4. The van der Waals surface area contributed by atoms with E-state index in [-0.39, 0.29) is 41.8 Å². The smallest absolute Gasteiger partial charge is 0.383 e. The van der Waals surface area contributed by atoms with Crippen molar-refractivity contribution in [1.82, 2.24) is 0 Å². The molecule has 16 heteroatoms. The van der Waals surface area contributed by atoms with Crippen molar-refractivity contribution < 1.29 is 50.2 Å². The number of alkyl halides is 4. The normalized spacial score (nSPS) is 15.0. The topological polar surface area (TPSA) is 124 Å². The Morgan fingerprint density at radius 3 is 2.22 bits per heavy atom. The Bertz CT molecular complexity index is 1490. The first kappa shape index (κ1) is 38.8. The van der Waals surface area contributed by atoms with E-state index < -0.39 is 62.4 Å². The molecule has 0 radical (unpaired) electrons. The molecule has 1 saturated carbocycles. The number of ether oxygens (including phenoxy) is 2. The first-order valence-corrected chi connectivity index (χ1v) is 17.2. The van der Waals surface area contributed by atoms with E-state index in [4.69, 9.17) is 27.9 Å². The summed E-state index contributed by atoms with van der Waals surface area (Å²) < 4.78 is 70.4. The Kier molecular flexibility index (Phi) is 14.2. The van der Waals surface area contributed by atoms with Gasteiger partial charge >= 0.3 is 6.18 Å². The minimum atomic E-state index is -4.65. The second kappa shape index (κ2) is 16.5. The van der Waals surface area contributed by atoms with Crippen LogP contribution in [-0.2, 0) is 40.3 Å². The zero-order valence-electron chi connectivity index (χ0n) is 25.3. The quantitative estimate of drug-likeness (QED) is 0.160. The van der Waals surface area contributed by atoms with Gasteiger partial charge in [-0.3, -0.25) is 19.2 Å². The molecule has 0 aliphatic heterocycles. The number of rotatable bonds is 11. The molecule has 250 valence electrons. The Balaban J connectivity index is 0.000000355. The molecular weight excluding hydrogens is 682 g/mol. The molecule has 3 rings (SSSR count). The lowest BCUT2D eigenvalue weighted by Crippen LogP contribution is -2.42. The van der Waals surface area contributed by atoms with Crippen LogP contribution in [0.4, 0.5) is 18.9 Å². The highest BCUT2D eigenvalue weighted by atomic mass is 35.5. The lowest BCUT2D eigenvalue weighted by molar-refractivity contribution is -0.176. The van der Waals surface area contributed by atoms with Crippen LogP contribution in [-0.4, -0.2) is 76.4 Å². The van der Waals surface area contributed by atoms with E-state index in [2.05, 4.69) is 10.1 Å². The van der Waals surface area contributed by atoms with Gasteiger partial charge in [-0.15, -0.1) is 22.9 Å². The van der Waals surface area contributed by atoms with Gasteiger partial charge in [-0.2, -0.15) is 13.2 Å². The molecule has 0 N–H and O–H groups in total. The number of carbonyl (C=O) groups is 4. The Morgan fingerprint density at radius 1 is 1.16 bits per heavy atom. The summed E-state index contributed by atoms with van der Waals surface area (Å²) in [5, 5.41) is 1.60. The van der Waals surface area contributed by atoms with E-state index in [1.165, 1.54) is 0 Å². The number of ketones is 3. The average Bonchev–Trinajstić information content (AvgIpc) is 3.25. The minimum Gasteiger partial charge on any atom is -0.383 e. The molecule has 1 aromatic carbocycles. The SMILES string of the molecule is COCC(C)N(C(=O)CCl)c1c(C)csc1C.CS(=O)(=O)c1ccc(C(=O)C2C(=O)CCCC2=O)c(Cl)c1COCC(F)(F)F. The van der Waals surface area contributed by atoms with Crippen LogP contribution in [0.25, 0.3) is 0 Å². The van der Waals surface area contributed by atoms with E-state index in [1.807, 2.05) is 20.8 Å². The van der Waals surface area contributed by atoms with Crippen molar-refractivity contribution in [2.75, 3.05) is 37.4 Å². The number of halogens is 5. The minimum absolute atomic E-state index is 0.0111. The van der Waals surface area contributed by atoms with Crippen LogP contribution in [0.15, 0.2) is 22.4 Å². The molecule has 0 spiro atoms. The summed E-state index contributed by atoms with van der Waals surface area (Å²) in [5.41, 5.74) is 1.43. The van der Waals surface area contributed by atoms with E-state index >= 15 is 0 Å². The lowest BCUT2D eigenvalue weighted by atomic mass is 9.81. The number of hydrogen-bond donors (Lipinski definition) is 0. The van der Waals surface area contributed by atoms with Gasteiger partial charge in [0, 0.05) is 42.2 Å². The van der Waals surface area contributed by atoms with E-state index in [9.17, 15) is 40.8 Å². The number of hydrogen-bond acceptors (Lipinski definition) is 9. The third-order valence-corrected chi connectivity index (χ3v) is 9.58. The third-order valence-electron chi connectivity index (χ3n) is 6.72. The van der Waals surface area contributed by atoms with Crippen LogP contribution in [0.1, 0.15) is 52.5 Å². The number of thiophene rings is 1. The monoisotopic (exact) mass is 715 g/mol. The fourth-order valence-electron chi connectivity index (χ4n) is 4.79. The largest absolute Gasteiger partial charge is 0.411 e. The highest BCUT2D eigenvalue weighted by Crippen LogP contribution is 2.33. The van der Waals surface area contributed by atoms with Crippen molar-refractivity contribution in [1.29, 1.82) is 0 Å². The lowest BCUT2D eigenvalue weighted by Gasteiger charge is -2.29. The number of methoxy groups -OCH3 is 1. The number of Topliss-reactive ketones (excluding diaryl/α,β-unsaturated/α-hetero) is 3. The second-order valence-corrected chi connectivity index (χ2v) is 14.1. The molecule has 1 fully saturated rings. The van der Waals surface area contributed by atoms with Crippen molar-refractivity contribution in [3.05, 3.63) is 44.1 Å². The van der Waals surface area contributed by atoms with Crippen LogP contribution in [0, 0.1) is 19.8 Å². The summed E-state index contributed by atoms with van der Waals surface area (Å²) in [7, 11) is -2.27. The van der Waals surface area contributed by atoms with Crippen molar-refractivity contribution in [3.63, 3.8) is 0 Å². The first-order valence-electron chi connectivity index (χ1n) is 13.5. The van der Waals surface area contributed by atoms with Crippen molar-refractivity contribution in [2.45, 2.75) is 63.8 Å². The van der Waals surface area contributed by atoms with Crippen LogP contribution in [0.5, 0.6) is 0 Å². The molecule has 2 aromatic rings. The molecule has 0 saturated heterocycles. The van der Waals surface area contributed by atoms with Gasteiger partial charge in [0.25, 0.3) is 0 Å². The van der Waals surface area contributed by atoms with Crippen LogP contribution in [0.3, 0.4) is 0 Å². The maximum absolute atomic E-state index is 12.7. The number of aryl methyl sites for hydroxylation is 2. The number of anilines is 1. The van der Waals surface area contributed by atoms with Crippen molar-refractivity contribution >= 4 is 73.3 Å². The third kappa shape index (κ3) is 10.3. The number of benzene rings is 1. The second-order valence-electron chi connectivity index (χ2n) is 10.4. The summed E-state index contributed by atoms with van der Waals surface area (Å²) in [6.45, 7) is 4.01. The molecule has 1 aromatic heterocycles. The summed E-state index contributed by atoms with van der Waals surface area (Å²) in [6.07, 6.45) is -3.40. The van der Waals surface area contributed by atoms with Gasteiger partial charge in [-0.25, -0.2) is 8.42 Å². The van der Waals surface area contributed by atoms with Gasteiger partial charge in [-0.05, 0) is 50.3 Å². The zero-order valence-corrected chi connectivity index (χ0v) is 28.4. The molecular formula is C29H34Cl2F3NO8S2. The summed E-state index contributed by atoms with van der Waals surface area (Å²) in [5.74, 6) is -3.68. The molecule has 1 heterocycles. The summed E-state index contributed by atoms with van der Waals surface area (Å²) in [4.78, 5) is 51.1. The Morgan fingerprint density at radius 2 is 1.76 bits per heavy atom. The number of amides is 1. The van der Waals surface area contributed by atoms with E-state index in [0.29, 0.717) is 13.0 Å². The molecule has 45 heavy (non-hydrogen) atoms. The molecule has 1 amide bonds. The standard InChI is InChI=1S/C17H16ClF3O6S.C12H18ClNO2S/c1-28(25,26)13-6-5-9(15(18)10(13)7-27-8-17(19,20)21)16(24)14-11(22)3-2-4-12(14)23;1-8-7-17-10(3)12(8)14(11(15)5-13)9(2)6-16-4/h5-6,14H,2-4,7-8H2,1H3;7,9H,5-6H2,1-4H3. The number of sulfone groups is 1. The Hall–Kier alpha value is -2.36. The summed E-state index contributed by atoms with van der Waals surface area (Å²) >= 11 is 13.4. The van der Waals surface area contributed by atoms with Gasteiger partial charge in [0.15, 0.2) is 27.2 Å². The number of nitrogens with zero attached hydrogens (tertiary/aromatic N) is 1. The molecule has 0 bridgehead atoms. The van der Waals surface area contributed by atoms with Crippen LogP contribution >= 0.6 is 34.5 Å². The van der Waals surface area contributed by atoms with Gasteiger partial charge in [0.05, 0.1) is 34.9 Å². The fourth-order valence-corrected chi connectivity index (χ4v) is 7.05. The zero-order chi connectivity index (χ0) is 34.3. The van der Waals surface area contributed by atoms with E-state index in [0.717, 1.165) is 34.5 Å². The van der Waals surface area contributed by atoms with Crippen LogP contribution < -0.4 is 4.90 Å². The molecule has 1 atom stereocenters. The first-order chi connectivity index (χ1) is 20.8. The maximum atomic E-state index is 12.7. The molecule has 1 aliphatic carbocycles. The van der Waals surface area contributed by atoms with Gasteiger partial charge < -0.3 is 14.4 Å². The van der Waals surface area contributed by atoms with Crippen molar-refractivity contribution in [3.8, 4) is 0 Å². The average molecular weight is 717 g/mol. The van der Waals surface area contributed by atoms with E-state index in [1.54, 1.807) is 23.3 Å².